The van der Waals surface area contributed by atoms with Gasteiger partial charge in [0.05, 0.1) is 13.2 Å². The molecule has 0 aliphatic rings. The van der Waals surface area contributed by atoms with Crippen molar-refractivity contribution in [3.8, 4) is 11.5 Å². The van der Waals surface area contributed by atoms with Gasteiger partial charge in [-0.15, -0.1) is 0 Å². The highest BCUT2D eigenvalue weighted by atomic mass is 16.5. The number of nitrogens with zero attached hydrogens (tertiary/aromatic N) is 2. The number of anilines is 1. The summed E-state index contributed by atoms with van der Waals surface area (Å²) in [5, 5.41) is 6.80. The molecular formula is C15H19N3O3. The summed E-state index contributed by atoms with van der Waals surface area (Å²) < 4.78 is 12.5. The molecular weight excluding hydrogens is 270 g/mol. The third kappa shape index (κ3) is 4.24. The smallest absolute Gasteiger partial charge is 0.246 e. The highest BCUT2D eigenvalue weighted by molar-refractivity contribution is 5.90. The average Bonchev–Trinajstić information content (AvgIpc) is 2.91. The zero-order chi connectivity index (χ0) is 15.2. The molecule has 21 heavy (non-hydrogen) atoms. The molecule has 0 bridgehead atoms. The minimum atomic E-state index is -0.153. The number of methoxy groups -OCH3 is 1. The Kier molecular flexibility index (Phi) is 4.81. The average molecular weight is 289 g/mol. The number of carbonyl (C=O) groups is 1. The number of aromatic nitrogens is 2. The maximum atomic E-state index is 11.9. The van der Waals surface area contributed by atoms with Gasteiger partial charge in [-0.3, -0.25) is 9.48 Å². The fourth-order valence-electron chi connectivity index (χ4n) is 1.84. The predicted molar refractivity (Wildman–Crippen MR) is 79.6 cm³/mol. The van der Waals surface area contributed by atoms with Gasteiger partial charge < -0.3 is 14.8 Å². The Balaban J connectivity index is 2.07. The maximum absolute atomic E-state index is 11.9. The van der Waals surface area contributed by atoms with Crippen LogP contribution in [0.2, 0.25) is 0 Å². The Morgan fingerprint density at radius 2 is 2.19 bits per heavy atom. The maximum Gasteiger partial charge on any atom is 0.246 e. The molecule has 0 unspecified atom stereocenters. The van der Waals surface area contributed by atoms with Crippen molar-refractivity contribution in [2.24, 2.45) is 0 Å². The molecule has 1 N–H and O–H groups in total. The molecule has 0 spiro atoms. The van der Waals surface area contributed by atoms with Gasteiger partial charge in [0.1, 0.15) is 6.54 Å². The second-order valence-corrected chi connectivity index (χ2v) is 4.78. The van der Waals surface area contributed by atoms with E-state index in [-0.39, 0.29) is 18.6 Å². The summed E-state index contributed by atoms with van der Waals surface area (Å²) in [7, 11) is 1.58. The quantitative estimate of drug-likeness (QED) is 0.886. The zero-order valence-corrected chi connectivity index (χ0v) is 12.4. The van der Waals surface area contributed by atoms with Crippen molar-refractivity contribution >= 4 is 11.6 Å². The first-order valence-corrected chi connectivity index (χ1v) is 6.70. The highest BCUT2D eigenvalue weighted by Crippen LogP contribution is 2.31. The van der Waals surface area contributed by atoms with Crippen molar-refractivity contribution in [1.82, 2.24) is 9.78 Å². The third-order valence-corrected chi connectivity index (χ3v) is 2.67. The van der Waals surface area contributed by atoms with Gasteiger partial charge in [-0.25, -0.2) is 0 Å². The van der Waals surface area contributed by atoms with Crippen molar-refractivity contribution in [3.05, 3.63) is 36.7 Å². The molecule has 112 valence electrons. The van der Waals surface area contributed by atoms with E-state index in [4.69, 9.17) is 9.47 Å². The molecule has 0 aliphatic carbocycles. The lowest BCUT2D eigenvalue weighted by molar-refractivity contribution is -0.116. The molecule has 0 radical (unpaired) electrons. The summed E-state index contributed by atoms with van der Waals surface area (Å²) in [5.74, 6) is 1.08. The van der Waals surface area contributed by atoms with E-state index < -0.39 is 0 Å². The van der Waals surface area contributed by atoms with Crippen LogP contribution in [0.1, 0.15) is 13.8 Å². The highest BCUT2D eigenvalue weighted by Gasteiger charge is 2.10. The second-order valence-electron chi connectivity index (χ2n) is 4.78. The molecule has 1 heterocycles. The molecule has 1 aromatic carbocycles. The van der Waals surface area contributed by atoms with Crippen LogP contribution in [0.5, 0.6) is 11.5 Å². The minimum Gasteiger partial charge on any atom is -0.493 e. The van der Waals surface area contributed by atoms with Gasteiger partial charge in [-0.2, -0.15) is 5.10 Å². The topological polar surface area (TPSA) is 65.4 Å². The van der Waals surface area contributed by atoms with Crippen LogP contribution >= 0.6 is 0 Å². The molecule has 6 heteroatoms. The molecule has 1 amide bonds. The summed E-state index contributed by atoms with van der Waals surface area (Å²) >= 11 is 0. The number of hydrogen-bond donors (Lipinski definition) is 1. The minimum absolute atomic E-state index is 0.0222. The Morgan fingerprint density at radius 1 is 1.38 bits per heavy atom. The molecule has 0 saturated carbocycles. The molecule has 0 aliphatic heterocycles. The van der Waals surface area contributed by atoms with Crippen molar-refractivity contribution < 1.29 is 14.3 Å². The van der Waals surface area contributed by atoms with E-state index in [2.05, 4.69) is 10.4 Å². The molecule has 2 rings (SSSR count). The number of carbonyl (C=O) groups excluding carboxylic acids is 1. The summed E-state index contributed by atoms with van der Waals surface area (Å²) in [6, 6.07) is 7.06. The lowest BCUT2D eigenvalue weighted by Crippen LogP contribution is -2.19. The van der Waals surface area contributed by atoms with Crippen molar-refractivity contribution in [1.29, 1.82) is 0 Å². The van der Waals surface area contributed by atoms with Crippen LogP contribution in [0.3, 0.4) is 0 Å². The fraction of sp³-hybridized carbons (Fsp3) is 0.333. The second kappa shape index (κ2) is 6.78. The standard InChI is InChI=1S/C15H19N3O3/c1-11(2)21-14-9-12(5-6-13(14)20-3)17-15(19)10-18-8-4-7-16-18/h4-9,11H,10H2,1-3H3,(H,17,19). The number of rotatable bonds is 6. The molecule has 0 saturated heterocycles. The SMILES string of the molecule is COc1ccc(NC(=O)Cn2cccn2)cc1OC(C)C. The number of benzene rings is 1. The van der Waals surface area contributed by atoms with E-state index >= 15 is 0 Å². The van der Waals surface area contributed by atoms with Crippen LogP contribution in [0, 0.1) is 0 Å². The van der Waals surface area contributed by atoms with Gasteiger partial charge in [0, 0.05) is 24.1 Å². The monoisotopic (exact) mass is 289 g/mol. The first kappa shape index (κ1) is 14.9. The first-order valence-electron chi connectivity index (χ1n) is 6.70. The van der Waals surface area contributed by atoms with E-state index in [1.54, 1.807) is 48.5 Å². The molecule has 1 aromatic heterocycles. The fourth-order valence-corrected chi connectivity index (χ4v) is 1.84. The number of nitrogens with one attached hydrogen (secondary N) is 1. The van der Waals surface area contributed by atoms with Gasteiger partial charge in [0.25, 0.3) is 0 Å². The Hall–Kier alpha value is -2.50. The molecule has 6 nitrogen and oxygen atoms in total. The normalized spacial score (nSPS) is 10.5. The van der Waals surface area contributed by atoms with Crippen LogP contribution in [0.15, 0.2) is 36.7 Å². The summed E-state index contributed by atoms with van der Waals surface area (Å²) in [4.78, 5) is 11.9. The summed E-state index contributed by atoms with van der Waals surface area (Å²) in [5.41, 5.74) is 0.656. The predicted octanol–water partition coefficient (Wildman–Crippen LogP) is 2.32. The van der Waals surface area contributed by atoms with Crippen LogP contribution in [-0.2, 0) is 11.3 Å². The van der Waals surface area contributed by atoms with E-state index in [1.165, 1.54) is 0 Å². The van der Waals surface area contributed by atoms with Crippen LogP contribution < -0.4 is 14.8 Å². The Labute approximate surface area is 123 Å². The summed E-state index contributed by atoms with van der Waals surface area (Å²) in [6.07, 6.45) is 3.39. The Bertz CT molecular complexity index is 594. The van der Waals surface area contributed by atoms with Gasteiger partial charge >= 0.3 is 0 Å². The van der Waals surface area contributed by atoms with Crippen molar-refractivity contribution in [2.45, 2.75) is 26.5 Å². The lowest BCUT2D eigenvalue weighted by Gasteiger charge is -2.15. The van der Waals surface area contributed by atoms with E-state index in [9.17, 15) is 4.79 Å². The van der Waals surface area contributed by atoms with Gasteiger partial charge in [0.2, 0.25) is 5.91 Å². The van der Waals surface area contributed by atoms with Crippen molar-refractivity contribution in [2.75, 3.05) is 12.4 Å². The largest absolute Gasteiger partial charge is 0.493 e. The third-order valence-electron chi connectivity index (χ3n) is 2.67. The van der Waals surface area contributed by atoms with Gasteiger partial charge in [0.15, 0.2) is 11.5 Å². The van der Waals surface area contributed by atoms with E-state index in [0.29, 0.717) is 17.2 Å². The number of amides is 1. The summed E-state index contributed by atoms with van der Waals surface area (Å²) in [6.45, 7) is 4.03. The van der Waals surface area contributed by atoms with E-state index in [1.807, 2.05) is 13.8 Å². The molecule has 0 fully saturated rings. The van der Waals surface area contributed by atoms with Crippen LogP contribution in [-0.4, -0.2) is 28.9 Å². The van der Waals surface area contributed by atoms with Crippen LogP contribution in [0.25, 0.3) is 0 Å². The number of ether oxygens (including phenoxy) is 2. The van der Waals surface area contributed by atoms with Crippen LogP contribution in [0.4, 0.5) is 5.69 Å². The molecule has 2 aromatic rings. The van der Waals surface area contributed by atoms with Crippen molar-refractivity contribution in [3.63, 3.8) is 0 Å². The molecule has 0 atom stereocenters. The van der Waals surface area contributed by atoms with Gasteiger partial charge in [-0.1, -0.05) is 0 Å². The zero-order valence-electron chi connectivity index (χ0n) is 12.4. The van der Waals surface area contributed by atoms with Gasteiger partial charge in [-0.05, 0) is 32.0 Å². The first-order chi connectivity index (χ1) is 10.1. The Morgan fingerprint density at radius 3 is 2.81 bits per heavy atom. The lowest BCUT2D eigenvalue weighted by atomic mass is 10.2. The number of hydrogen-bond acceptors (Lipinski definition) is 4. The van der Waals surface area contributed by atoms with E-state index in [0.717, 1.165) is 0 Å².